The molecule has 0 saturated carbocycles. The van der Waals surface area contributed by atoms with Gasteiger partial charge in [0.05, 0.1) is 0 Å². The Morgan fingerprint density at radius 2 is 1.67 bits per heavy atom. The van der Waals surface area contributed by atoms with E-state index in [-0.39, 0.29) is 5.54 Å². The maximum absolute atomic E-state index is 6.05. The Labute approximate surface area is 111 Å². The highest BCUT2D eigenvalue weighted by atomic mass is 15.6. The number of nitrogens with one attached hydrogen (secondary N) is 1. The monoisotopic (exact) mass is 255 g/mol. The molecule has 106 valence electrons. The van der Waals surface area contributed by atoms with E-state index < -0.39 is 0 Å². The van der Waals surface area contributed by atoms with E-state index in [1.165, 1.54) is 25.9 Å². The average Bonchev–Trinajstić information content (AvgIpc) is 2.42. The maximum atomic E-state index is 6.05. The van der Waals surface area contributed by atoms with Crippen LogP contribution in [0.15, 0.2) is 0 Å². The fourth-order valence-electron chi connectivity index (χ4n) is 2.91. The van der Waals surface area contributed by atoms with Crippen molar-refractivity contribution in [1.82, 2.24) is 20.2 Å². The van der Waals surface area contributed by atoms with Crippen molar-refractivity contribution < 1.29 is 0 Å². The van der Waals surface area contributed by atoms with Gasteiger partial charge in [0.2, 0.25) is 0 Å². The fourth-order valence-corrected chi connectivity index (χ4v) is 2.91. The second-order valence-corrected chi connectivity index (χ2v) is 5.82. The van der Waals surface area contributed by atoms with E-state index in [9.17, 15) is 0 Å². The number of likely N-dealkylation sites (N-methyl/N-ethyl adjacent to an activating group) is 1. The highest BCUT2D eigenvalue weighted by Crippen LogP contribution is 2.22. The van der Waals surface area contributed by atoms with E-state index in [4.69, 9.17) is 5.73 Å². The first-order chi connectivity index (χ1) is 8.67. The van der Waals surface area contributed by atoms with Crippen LogP contribution in [0.4, 0.5) is 0 Å². The molecule has 3 N–H and O–H groups in total. The van der Waals surface area contributed by atoms with Gasteiger partial charge < -0.3 is 15.5 Å². The molecule has 5 nitrogen and oxygen atoms in total. The van der Waals surface area contributed by atoms with Crippen molar-refractivity contribution in [3.05, 3.63) is 0 Å². The Bertz CT molecular complexity index is 242. The van der Waals surface area contributed by atoms with Crippen molar-refractivity contribution in [2.45, 2.75) is 25.3 Å². The molecule has 2 aliphatic rings. The molecular formula is C13H29N5. The summed E-state index contributed by atoms with van der Waals surface area (Å²) in [6.45, 7) is 11.0. The Balaban J connectivity index is 1.85. The molecule has 0 aliphatic carbocycles. The highest BCUT2D eigenvalue weighted by Gasteiger charge is 2.34. The van der Waals surface area contributed by atoms with Gasteiger partial charge in [-0.1, -0.05) is 6.92 Å². The second-order valence-electron chi connectivity index (χ2n) is 5.82. The summed E-state index contributed by atoms with van der Waals surface area (Å²) in [6.07, 6.45) is 2.34. The standard InChI is InChI=1S/C13H29N5/c1-3-17-6-4-13(12-14,5-7-17)15-18-10-8-16(2)9-11-18/h15H,3-12,14H2,1-2H3. The number of piperazine rings is 1. The first-order valence-electron chi connectivity index (χ1n) is 7.31. The van der Waals surface area contributed by atoms with Crippen LogP contribution in [0.5, 0.6) is 0 Å². The van der Waals surface area contributed by atoms with Crippen LogP contribution in [0.1, 0.15) is 19.8 Å². The summed E-state index contributed by atoms with van der Waals surface area (Å²) in [7, 11) is 2.19. The van der Waals surface area contributed by atoms with Gasteiger partial charge in [-0.25, -0.2) is 10.4 Å². The lowest BCUT2D eigenvalue weighted by atomic mass is 9.88. The van der Waals surface area contributed by atoms with Crippen molar-refractivity contribution in [3.8, 4) is 0 Å². The van der Waals surface area contributed by atoms with Crippen LogP contribution >= 0.6 is 0 Å². The lowest BCUT2D eigenvalue weighted by Crippen LogP contribution is -2.65. The van der Waals surface area contributed by atoms with Crippen LogP contribution in [0, 0.1) is 0 Å². The van der Waals surface area contributed by atoms with Crippen molar-refractivity contribution in [2.75, 3.05) is 59.4 Å². The van der Waals surface area contributed by atoms with Gasteiger partial charge in [-0.05, 0) is 39.5 Å². The van der Waals surface area contributed by atoms with Gasteiger partial charge in [0.15, 0.2) is 0 Å². The minimum atomic E-state index is 0.140. The minimum Gasteiger partial charge on any atom is -0.329 e. The molecule has 2 saturated heterocycles. The van der Waals surface area contributed by atoms with Crippen LogP contribution in [0.2, 0.25) is 0 Å². The first-order valence-corrected chi connectivity index (χ1v) is 7.31. The van der Waals surface area contributed by atoms with Gasteiger partial charge in [-0.3, -0.25) is 0 Å². The molecule has 0 spiro atoms. The zero-order chi connectivity index (χ0) is 13.0. The Hall–Kier alpha value is -0.200. The second kappa shape index (κ2) is 6.30. The molecule has 18 heavy (non-hydrogen) atoms. The maximum Gasteiger partial charge on any atom is 0.0472 e. The van der Waals surface area contributed by atoms with Crippen molar-refractivity contribution in [2.24, 2.45) is 5.73 Å². The third kappa shape index (κ3) is 3.42. The lowest BCUT2D eigenvalue weighted by Gasteiger charge is -2.46. The third-order valence-electron chi connectivity index (χ3n) is 4.55. The minimum absolute atomic E-state index is 0.140. The van der Waals surface area contributed by atoms with E-state index in [0.717, 1.165) is 39.3 Å². The predicted molar refractivity (Wildman–Crippen MR) is 75.3 cm³/mol. The number of hydrazine groups is 1. The summed E-state index contributed by atoms with van der Waals surface area (Å²) in [5.74, 6) is 0. The summed E-state index contributed by atoms with van der Waals surface area (Å²) in [6, 6.07) is 0. The SMILES string of the molecule is CCN1CCC(CN)(NN2CCN(C)CC2)CC1. The van der Waals surface area contributed by atoms with Crippen LogP contribution in [0.25, 0.3) is 0 Å². The zero-order valence-corrected chi connectivity index (χ0v) is 12.0. The van der Waals surface area contributed by atoms with Gasteiger partial charge in [0.25, 0.3) is 0 Å². The van der Waals surface area contributed by atoms with Gasteiger partial charge in [-0.2, -0.15) is 0 Å². The summed E-state index contributed by atoms with van der Waals surface area (Å²) < 4.78 is 0. The van der Waals surface area contributed by atoms with Crippen LogP contribution in [0.3, 0.4) is 0 Å². The van der Waals surface area contributed by atoms with Gasteiger partial charge >= 0.3 is 0 Å². The first kappa shape index (κ1) is 14.2. The summed E-state index contributed by atoms with van der Waals surface area (Å²) >= 11 is 0. The number of nitrogens with two attached hydrogens (primary N) is 1. The number of piperidine rings is 1. The number of nitrogens with zero attached hydrogens (tertiary/aromatic N) is 3. The van der Waals surface area contributed by atoms with Crippen molar-refractivity contribution >= 4 is 0 Å². The quantitative estimate of drug-likeness (QED) is 0.713. The van der Waals surface area contributed by atoms with E-state index in [1.807, 2.05) is 0 Å². The van der Waals surface area contributed by atoms with E-state index in [2.05, 4.69) is 34.2 Å². The fraction of sp³-hybridized carbons (Fsp3) is 1.00. The molecule has 0 radical (unpaired) electrons. The molecule has 2 heterocycles. The topological polar surface area (TPSA) is 47.8 Å². The normalized spacial score (nSPS) is 27.5. The summed E-state index contributed by atoms with van der Waals surface area (Å²) in [4.78, 5) is 4.90. The number of hydrogen-bond donors (Lipinski definition) is 2. The average molecular weight is 255 g/mol. The van der Waals surface area contributed by atoms with E-state index in [1.54, 1.807) is 0 Å². The van der Waals surface area contributed by atoms with Crippen LogP contribution in [-0.2, 0) is 0 Å². The van der Waals surface area contributed by atoms with Crippen molar-refractivity contribution in [3.63, 3.8) is 0 Å². The molecule has 0 aromatic heterocycles. The molecule has 2 fully saturated rings. The molecule has 0 aromatic rings. The Kier molecular flexibility index (Phi) is 4.98. The third-order valence-corrected chi connectivity index (χ3v) is 4.55. The molecule has 2 rings (SSSR count). The molecule has 0 bridgehead atoms. The molecule has 0 amide bonds. The zero-order valence-electron chi connectivity index (χ0n) is 12.0. The number of likely N-dealkylation sites (tertiary alicyclic amines) is 1. The number of rotatable bonds is 4. The summed E-state index contributed by atoms with van der Waals surface area (Å²) in [5, 5.41) is 2.38. The molecule has 2 aliphatic heterocycles. The Morgan fingerprint density at radius 3 is 2.17 bits per heavy atom. The number of hydrogen-bond acceptors (Lipinski definition) is 5. The summed E-state index contributed by atoms with van der Waals surface area (Å²) in [5.41, 5.74) is 9.93. The van der Waals surface area contributed by atoms with Crippen LogP contribution < -0.4 is 11.2 Å². The van der Waals surface area contributed by atoms with Gasteiger partial charge in [-0.15, -0.1) is 0 Å². The Morgan fingerprint density at radius 1 is 1.06 bits per heavy atom. The largest absolute Gasteiger partial charge is 0.329 e. The molecule has 0 unspecified atom stereocenters. The van der Waals surface area contributed by atoms with Gasteiger partial charge in [0, 0.05) is 38.3 Å². The van der Waals surface area contributed by atoms with Gasteiger partial charge in [0.1, 0.15) is 0 Å². The molecular weight excluding hydrogens is 226 g/mol. The smallest absolute Gasteiger partial charge is 0.0472 e. The lowest BCUT2D eigenvalue weighted by molar-refractivity contribution is 0.0249. The molecule has 0 atom stereocenters. The molecule has 5 heteroatoms. The molecule has 0 aromatic carbocycles. The van der Waals surface area contributed by atoms with E-state index >= 15 is 0 Å². The highest BCUT2D eigenvalue weighted by molar-refractivity contribution is 4.93. The predicted octanol–water partition coefficient (Wildman–Crippen LogP) is -0.448. The van der Waals surface area contributed by atoms with Crippen molar-refractivity contribution in [1.29, 1.82) is 0 Å². The van der Waals surface area contributed by atoms with Crippen LogP contribution in [-0.4, -0.2) is 79.8 Å². The van der Waals surface area contributed by atoms with E-state index in [0.29, 0.717) is 0 Å².